The maximum Gasteiger partial charge on any atom is 0.407 e. The zero-order valence-electron chi connectivity index (χ0n) is 15.5. The highest BCUT2D eigenvalue weighted by Gasteiger charge is 2.24. The molecule has 1 aliphatic carbocycles. The second-order valence-corrected chi connectivity index (χ2v) is 8.31. The first-order chi connectivity index (χ1) is 12.3. The summed E-state index contributed by atoms with van der Waals surface area (Å²) < 4.78 is 11.0. The van der Waals surface area contributed by atoms with Crippen LogP contribution in [-0.4, -0.2) is 29.3 Å². The van der Waals surface area contributed by atoms with Crippen LogP contribution < -0.4 is 10.6 Å². The molecule has 0 spiro atoms. The number of carbonyl (C=O) groups excluding carboxylic acids is 1. The van der Waals surface area contributed by atoms with Crippen molar-refractivity contribution in [3.8, 4) is 0 Å². The topological polar surface area (TPSA) is 76.4 Å². The van der Waals surface area contributed by atoms with Crippen molar-refractivity contribution in [3.63, 3.8) is 0 Å². The Balaban J connectivity index is 1.44. The van der Waals surface area contributed by atoms with Crippen molar-refractivity contribution in [1.29, 1.82) is 0 Å². The third-order valence-electron chi connectivity index (χ3n) is 4.46. The van der Waals surface area contributed by atoms with Gasteiger partial charge < -0.3 is 19.8 Å². The van der Waals surface area contributed by atoms with Gasteiger partial charge in [-0.1, -0.05) is 11.6 Å². The molecule has 2 aromatic rings. The molecule has 1 heterocycles. The number of hydrogen-bond acceptors (Lipinski definition) is 5. The second-order valence-electron chi connectivity index (χ2n) is 7.88. The monoisotopic (exact) mass is 379 g/mol. The zero-order valence-corrected chi connectivity index (χ0v) is 16.2. The molecule has 3 rings (SSSR count). The SMILES string of the molecule is CC(C)(C)OC(=O)NC[C@H]1CC[C@H](Nc2nc3ccc(Cl)cc3o2)CC1. The molecule has 0 radical (unpaired) electrons. The molecule has 0 saturated heterocycles. The lowest BCUT2D eigenvalue weighted by molar-refractivity contribution is 0.0515. The number of nitrogens with one attached hydrogen (secondary N) is 2. The van der Waals surface area contributed by atoms with Crippen LogP contribution in [0.25, 0.3) is 11.1 Å². The molecule has 0 bridgehead atoms. The maximum atomic E-state index is 11.7. The summed E-state index contributed by atoms with van der Waals surface area (Å²) in [7, 11) is 0. The Morgan fingerprint density at radius 3 is 2.73 bits per heavy atom. The van der Waals surface area contributed by atoms with Gasteiger partial charge in [0.25, 0.3) is 6.01 Å². The Morgan fingerprint density at radius 2 is 2.04 bits per heavy atom. The van der Waals surface area contributed by atoms with Crippen LogP contribution in [0.3, 0.4) is 0 Å². The Kier molecular flexibility index (Phi) is 5.61. The summed E-state index contributed by atoms with van der Waals surface area (Å²) in [6, 6.07) is 6.30. The highest BCUT2D eigenvalue weighted by molar-refractivity contribution is 6.31. The molecule has 26 heavy (non-hydrogen) atoms. The predicted octanol–water partition coefficient (Wildman–Crippen LogP) is 4.98. The molecule has 0 aliphatic heterocycles. The van der Waals surface area contributed by atoms with Gasteiger partial charge in [-0.15, -0.1) is 0 Å². The molecule has 1 amide bonds. The number of ether oxygens (including phenoxy) is 1. The van der Waals surface area contributed by atoms with E-state index in [1.54, 1.807) is 12.1 Å². The van der Waals surface area contributed by atoms with E-state index in [1.165, 1.54) is 0 Å². The van der Waals surface area contributed by atoms with E-state index < -0.39 is 5.60 Å². The zero-order chi connectivity index (χ0) is 18.7. The van der Waals surface area contributed by atoms with Gasteiger partial charge in [0.2, 0.25) is 0 Å². The Morgan fingerprint density at radius 1 is 1.31 bits per heavy atom. The Hall–Kier alpha value is -1.95. The van der Waals surface area contributed by atoms with Crippen LogP contribution in [0, 0.1) is 5.92 Å². The number of hydrogen-bond donors (Lipinski definition) is 2. The van der Waals surface area contributed by atoms with E-state index in [0.29, 0.717) is 35.1 Å². The third-order valence-corrected chi connectivity index (χ3v) is 4.69. The number of rotatable bonds is 4. The molecular formula is C19H26ClN3O3. The molecule has 1 aromatic carbocycles. The largest absolute Gasteiger partial charge is 0.444 e. The van der Waals surface area contributed by atoms with Gasteiger partial charge in [0.05, 0.1) is 0 Å². The van der Waals surface area contributed by atoms with E-state index >= 15 is 0 Å². The van der Waals surface area contributed by atoms with Crippen molar-refractivity contribution in [2.24, 2.45) is 5.92 Å². The summed E-state index contributed by atoms with van der Waals surface area (Å²) in [5.41, 5.74) is 1.03. The number of alkyl carbamates (subject to hydrolysis) is 1. The average molecular weight is 380 g/mol. The fourth-order valence-electron chi connectivity index (χ4n) is 3.19. The summed E-state index contributed by atoms with van der Waals surface area (Å²) in [5, 5.41) is 6.88. The summed E-state index contributed by atoms with van der Waals surface area (Å²) in [5.74, 6) is 0.475. The lowest BCUT2D eigenvalue weighted by Crippen LogP contribution is -2.37. The Labute approximate surface area is 158 Å². The lowest BCUT2D eigenvalue weighted by atomic mass is 9.86. The lowest BCUT2D eigenvalue weighted by Gasteiger charge is -2.29. The van der Waals surface area contributed by atoms with Crippen LogP contribution >= 0.6 is 11.6 Å². The van der Waals surface area contributed by atoms with E-state index in [-0.39, 0.29) is 6.09 Å². The fraction of sp³-hybridized carbons (Fsp3) is 0.579. The average Bonchev–Trinajstić information content (AvgIpc) is 2.94. The van der Waals surface area contributed by atoms with Gasteiger partial charge >= 0.3 is 6.09 Å². The number of amides is 1. The molecular weight excluding hydrogens is 354 g/mol. The first-order valence-electron chi connectivity index (χ1n) is 9.08. The molecule has 2 N–H and O–H groups in total. The van der Waals surface area contributed by atoms with Crippen LogP contribution in [0.2, 0.25) is 5.02 Å². The molecule has 1 saturated carbocycles. The molecule has 142 valence electrons. The van der Waals surface area contributed by atoms with E-state index in [4.69, 9.17) is 20.8 Å². The summed E-state index contributed by atoms with van der Waals surface area (Å²) >= 11 is 5.98. The first kappa shape index (κ1) is 18.8. The number of benzene rings is 1. The normalized spacial score (nSPS) is 20.8. The molecule has 0 atom stereocenters. The molecule has 6 nitrogen and oxygen atoms in total. The van der Waals surface area contributed by atoms with Crippen LogP contribution in [0.5, 0.6) is 0 Å². The second kappa shape index (κ2) is 7.74. The Bertz CT molecular complexity index is 761. The summed E-state index contributed by atoms with van der Waals surface area (Å²) in [4.78, 5) is 16.2. The molecule has 7 heteroatoms. The number of nitrogens with zero attached hydrogens (tertiary/aromatic N) is 1. The van der Waals surface area contributed by atoms with E-state index in [9.17, 15) is 4.79 Å². The number of carbonyl (C=O) groups is 1. The summed E-state index contributed by atoms with van der Waals surface area (Å²) in [6.07, 6.45) is 3.77. The third kappa shape index (κ3) is 5.27. The molecule has 1 aliphatic rings. The van der Waals surface area contributed by atoms with Gasteiger partial charge in [-0.3, -0.25) is 0 Å². The van der Waals surface area contributed by atoms with Gasteiger partial charge in [-0.25, -0.2) is 4.79 Å². The van der Waals surface area contributed by atoms with Crippen molar-refractivity contribution in [1.82, 2.24) is 10.3 Å². The van der Waals surface area contributed by atoms with Gasteiger partial charge in [0.1, 0.15) is 11.1 Å². The van der Waals surface area contributed by atoms with Crippen LogP contribution in [0.1, 0.15) is 46.5 Å². The van der Waals surface area contributed by atoms with E-state index in [0.717, 1.165) is 31.2 Å². The maximum absolute atomic E-state index is 11.7. The minimum atomic E-state index is -0.463. The molecule has 0 unspecified atom stereocenters. The van der Waals surface area contributed by atoms with Crippen molar-refractivity contribution in [2.75, 3.05) is 11.9 Å². The van der Waals surface area contributed by atoms with Crippen molar-refractivity contribution < 1.29 is 13.9 Å². The standard InChI is InChI=1S/C19H26ClN3O3/c1-19(2,3)26-18(24)21-11-12-4-7-14(8-5-12)22-17-23-15-9-6-13(20)10-16(15)25-17/h6,9-10,12,14H,4-5,7-8,11H2,1-3H3,(H,21,24)(H,22,23)/t12-,14-. The van der Waals surface area contributed by atoms with Crippen LogP contribution in [0.4, 0.5) is 10.8 Å². The van der Waals surface area contributed by atoms with Crippen molar-refractivity contribution >= 4 is 34.8 Å². The van der Waals surface area contributed by atoms with E-state index in [1.807, 2.05) is 26.8 Å². The van der Waals surface area contributed by atoms with E-state index in [2.05, 4.69) is 15.6 Å². The number of fused-ring (bicyclic) bond motifs is 1. The van der Waals surface area contributed by atoms with Crippen molar-refractivity contribution in [3.05, 3.63) is 23.2 Å². The van der Waals surface area contributed by atoms with Crippen LogP contribution in [-0.2, 0) is 4.74 Å². The minimum absolute atomic E-state index is 0.330. The molecule has 1 fully saturated rings. The van der Waals surface area contributed by atoms with Crippen LogP contribution in [0.15, 0.2) is 22.6 Å². The number of halogens is 1. The number of aromatic nitrogens is 1. The van der Waals surface area contributed by atoms with Crippen molar-refractivity contribution in [2.45, 2.75) is 58.1 Å². The first-order valence-corrected chi connectivity index (χ1v) is 9.46. The van der Waals surface area contributed by atoms with Gasteiger partial charge in [0.15, 0.2) is 5.58 Å². The van der Waals surface area contributed by atoms with Gasteiger partial charge in [-0.05, 0) is 64.5 Å². The summed E-state index contributed by atoms with van der Waals surface area (Å²) in [6.45, 7) is 6.25. The smallest absolute Gasteiger partial charge is 0.407 e. The minimum Gasteiger partial charge on any atom is -0.444 e. The predicted molar refractivity (Wildman–Crippen MR) is 103 cm³/mol. The highest BCUT2D eigenvalue weighted by atomic mass is 35.5. The molecule has 1 aromatic heterocycles. The quantitative estimate of drug-likeness (QED) is 0.783. The number of anilines is 1. The fourth-order valence-corrected chi connectivity index (χ4v) is 3.35. The van der Waals surface area contributed by atoms with Gasteiger partial charge in [-0.2, -0.15) is 4.98 Å². The number of oxazole rings is 1. The highest BCUT2D eigenvalue weighted by Crippen LogP contribution is 2.28. The van der Waals surface area contributed by atoms with Gasteiger partial charge in [0, 0.05) is 23.7 Å².